The summed E-state index contributed by atoms with van der Waals surface area (Å²) in [7, 11) is 1.77. The molecule has 152 valence electrons. The van der Waals surface area contributed by atoms with Gasteiger partial charge in [-0.05, 0) is 31.0 Å². The van der Waals surface area contributed by atoms with E-state index in [-0.39, 0.29) is 35.9 Å². The second-order valence-corrected chi connectivity index (χ2v) is 6.78. The maximum absolute atomic E-state index is 11.8. The molecule has 0 spiro atoms. The molecular formula is C20H29IN6O. The average molecular weight is 496 g/mol. The minimum atomic E-state index is 0. The minimum Gasteiger partial charge on any atom is -0.352 e. The highest BCUT2D eigenvalue weighted by Crippen LogP contribution is 2.14. The molecule has 1 unspecified atom stereocenters. The molecule has 2 N–H and O–H groups in total. The van der Waals surface area contributed by atoms with E-state index in [1.165, 1.54) is 0 Å². The standard InChI is InChI=1S/C20H28N6O.HI/c1-4-19(27)25-11-10-17(14-25)23-20(21-3)22-13-16-7-5-6-8-18(16)26-12-9-15(2)24-26;/h5-9,12,17H,4,10-11,13-14H2,1-3H3,(H2,21,22,23);1H. The first kappa shape index (κ1) is 22.2. The van der Waals surface area contributed by atoms with Crippen LogP contribution in [0.3, 0.4) is 0 Å². The number of benzene rings is 1. The van der Waals surface area contributed by atoms with Gasteiger partial charge in [-0.2, -0.15) is 5.10 Å². The Morgan fingerprint density at radius 2 is 2.11 bits per heavy atom. The van der Waals surface area contributed by atoms with Crippen LogP contribution in [0.25, 0.3) is 5.69 Å². The fourth-order valence-electron chi connectivity index (χ4n) is 3.33. The second kappa shape index (κ2) is 10.4. The molecule has 8 heteroatoms. The number of nitrogens with one attached hydrogen (secondary N) is 2. The first-order valence-electron chi connectivity index (χ1n) is 9.46. The molecule has 0 radical (unpaired) electrons. The number of hydrogen-bond donors (Lipinski definition) is 2. The van der Waals surface area contributed by atoms with E-state index in [2.05, 4.69) is 32.9 Å². The molecule has 2 aromatic rings. The number of hydrogen-bond acceptors (Lipinski definition) is 3. The zero-order chi connectivity index (χ0) is 19.2. The van der Waals surface area contributed by atoms with E-state index in [1.54, 1.807) is 7.05 Å². The average Bonchev–Trinajstić information content (AvgIpc) is 3.33. The summed E-state index contributed by atoms with van der Waals surface area (Å²) in [5, 5.41) is 11.3. The SMILES string of the molecule is CCC(=O)N1CCC(NC(=NC)NCc2ccccc2-n2ccc(C)n2)C1.I. The largest absolute Gasteiger partial charge is 0.352 e. The third kappa shape index (κ3) is 5.46. The van der Waals surface area contributed by atoms with E-state index in [0.29, 0.717) is 13.0 Å². The van der Waals surface area contributed by atoms with Crippen LogP contribution in [0.5, 0.6) is 0 Å². The van der Waals surface area contributed by atoms with Gasteiger partial charge in [0.05, 0.1) is 11.4 Å². The van der Waals surface area contributed by atoms with Crippen molar-refractivity contribution < 1.29 is 4.79 Å². The Bertz CT molecular complexity index is 819. The summed E-state index contributed by atoms with van der Waals surface area (Å²) in [5.41, 5.74) is 3.18. The number of amides is 1. The fourth-order valence-corrected chi connectivity index (χ4v) is 3.33. The molecular weight excluding hydrogens is 467 g/mol. The van der Waals surface area contributed by atoms with Gasteiger partial charge in [0.25, 0.3) is 0 Å². The van der Waals surface area contributed by atoms with Gasteiger partial charge in [0, 0.05) is 45.3 Å². The first-order chi connectivity index (χ1) is 13.1. The lowest BCUT2D eigenvalue weighted by atomic mass is 10.2. The lowest BCUT2D eigenvalue weighted by Gasteiger charge is -2.19. The van der Waals surface area contributed by atoms with Crippen LogP contribution in [-0.4, -0.2) is 52.7 Å². The molecule has 2 heterocycles. The maximum Gasteiger partial charge on any atom is 0.222 e. The maximum atomic E-state index is 11.8. The highest BCUT2D eigenvalue weighted by molar-refractivity contribution is 14.0. The Kier molecular flexibility index (Phi) is 8.28. The molecule has 7 nitrogen and oxygen atoms in total. The fraction of sp³-hybridized carbons (Fsp3) is 0.450. The van der Waals surface area contributed by atoms with E-state index in [4.69, 9.17) is 0 Å². The summed E-state index contributed by atoms with van der Waals surface area (Å²) < 4.78 is 1.90. The van der Waals surface area contributed by atoms with Crippen molar-refractivity contribution in [3.63, 3.8) is 0 Å². The zero-order valence-corrected chi connectivity index (χ0v) is 19.0. The monoisotopic (exact) mass is 496 g/mol. The number of likely N-dealkylation sites (tertiary alicyclic amines) is 1. The molecule has 0 saturated carbocycles. The molecule has 1 amide bonds. The zero-order valence-electron chi connectivity index (χ0n) is 16.7. The highest BCUT2D eigenvalue weighted by atomic mass is 127. The lowest BCUT2D eigenvalue weighted by Crippen LogP contribution is -2.44. The van der Waals surface area contributed by atoms with Gasteiger partial charge in [0.15, 0.2) is 5.96 Å². The summed E-state index contributed by atoms with van der Waals surface area (Å²) in [6.07, 6.45) is 3.47. The highest BCUT2D eigenvalue weighted by Gasteiger charge is 2.25. The van der Waals surface area contributed by atoms with E-state index >= 15 is 0 Å². The Labute approximate surface area is 183 Å². The number of aryl methyl sites for hydroxylation is 1. The smallest absolute Gasteiger partial charge is 0.222 e. The molecule has 1 fully saturated rings. The number of carbonyl (C=O) groups excluding carboxylic acids is 1. The predicted molar refractivity (Wildman–Crippen MR) is 122 cm³/mol. The summed E-state index contributed by atoms with van der Waals surface area (Å²) >= 11 is 0. The van der Waals surface area contributed by atoms with Gasteiger partial charge in [-0.25, -0.2) is 4.68 Å². The quantitative estimate of drug-likeness (QED) is 0.379. The normalized spacial score (nSPS) is 16.6. The van der Waals surface area contributed by atoms with Crippen molar-refractivity contribution in [1.29, 1.82) is 0 Å². The van der Waals surface area contributed by atoms with Crippen LogP contribution in [0.1, 0.15) is 31.0 Å². The predicted octanol–water partition coefficient (Wildman–Crippen LogP) is 2.47. The van der Waals surface area contributed by atoms with E-state index in [1.807, 2.05) is 47.8 Å². The van der Waals surface area contributed by atoms with E-state index < -0.39 is 0 Å². The van der Waals surface area contributed by atoms with Crippen molar-refractivity contribution >= 4 is 35.8 Å². The van der Waals surface area contributed by atoms with Crippen molar-refractivity contribution in [1.82, 2.24) is 25.3 Å². The Hall–Kier alpha value is -2.10. The topological polar surface area (TPSA) is 74.6 Å². The van der Waals surface area contributed by atoms with Crippen LogP contribution in [0, 0.1) is 6.92 Å². The number of guanidine groups is 1. The van der Waals surface area contributed by atoms with Gasteiger partial charge >= 0.3 is 0 Å². The van der Waals surface area contributed by atoms with Crippen molar-refractivity contribution in [2.75, 3.05) is 20.1 Å². The number of rotatable bonds is 5. The molecule has 1 aliphatic rings. The summed E-state index contributed by atoms with van der Waals surface area (Å²) in [5.74, 6) is 0.961. The molecule has 0 aliphatic carbocycles. The van der Waals surface area contributed by atoms with Gasteiger partial charge in [-0.15, -0.1) is 24.0 Å². The van der Waals surface area contributed by atoms with Gasteiger partial charge < -0.3 is 15.5 Å². The molecule has 1 aliphatic heterocycles. The van der Waals surface area contributed by atoms with E-state index in [0.717, 1.165) is 42.4 Å². The lowest BCUT2D eigenvalue weighted by molar-refractivity contribution is -0.129. The number of aromatic nitrogens is 2. The third-order valence-electron chi connectivity index (χ3n) is 4.81. The van der Waals surface area contributed by atoms with Crippen molar-refractivity contribution in [2.24, 2.45) is 4.99 Å². The number of nitrogens with zero attached hydrogens (tertiary/aromatic N) is 4. The van der Waals surface area contributed by atoms with Crippen LogP contribution in [0.2, 0.25) is 0 Å². The Balaban J connectivity index is 0.00000280. The summed E-state index contributed by atoms with van der Waals surface area (Å²) in [4.78, 5) is 18.1. The Morgan fingerprint density at radius 1 is 1.32 bits per heavy atom. The summed E-state index contributed by atoms with van der Waals surface area (Å²) in [6, 6.07) is 10.4. The van der Waals surface area contributed by atoms with Gasteiger partial charge in [-0.1, -0.05) is 25.1 Å². The van der Waals surface area contributed by atoms with Crippen molar-refractivity contribution in [3.05, 3.63) is 47.8 Å². The van der Waals surface area contributed by atoms with Gasteiger partial charge in [-0.3, -0.25) is 9.79 Å². The van der Waals surface area contributed by atoms with Crippen molar-refractivity contribution in [2.45, 2.75) is 39.3 Å². The first-order valence-corrected chi connectivity index (χ1v) is 9.46. The Morgan fingerprint density at radius 3 is 2.79 bits per heavy atom. The minimum absolute atomic E-state index is 0. The van der Waals surface area contributed by atoms with Crippen molar-refractivity contribution in [3.8, 4) is 5.69 Å². The molecule has 1 aromatic carbocycles. The molecule has 1 atom stereocenters. The number of para-hydroxylation sites is 1. The van der Waals surface area contributed by atoms with Crippen LogP contribution < -0.4 is 10.6 Å². The molecule has 28 heavy (non-hydrogen) atoms. The number of halogens is 1. The molecule has 1 aromatic heterocycles. The van der Waals surface area contributed by atoms with E-state index in [9.17, 15) is 4.79 Å². The molecule has 0 bridgehead atoms. The summed E-state index contributed by atoms with van der Waals surface area (Å²) in [6.45, 7) is 6.07. The second-order valence-electron chi connectivity index (χ2n) is 6.78. The number of aliphatic imine (C=N–C) groups is 1. The van der Waals surface area contributed by atoms with Gasteiger partial charge in [0.1, 0.15) is 0 Å². The number of carbonyl (C=O) groups is 1. The van der Waals surface area contributed by atoms with Crippen LogP contribution in [0.4, 0.5) is 0 Å². The van der Waals surface area contributed by atoms with Crippen LogP contribution in [-0.2, 0) is 11.3 Å². The van der Waals surface area contributed by atoms with Crippen LogP contribution >= 0.6 is 24.0 Å². The molecule has 1 saturated heterocycles. The van der Waals surface area contributed by atoms with Gasteiger partial charge in [0.2, 0.25) is 5.91 Å². The van der Waals surface area contributed by atoms with Crippen LogP contribution in [0.15, 0.2) is 41.5 Å². The third-order valence-corrected chi connectivity index (χ3v) is 4.81. The molecule has 3 rings (SSSR count).